The summed E-state index contributed by atoms with van der Waals surface area (Å²) in [6, 6.07) is 19.3. The molecular weight excluding hydrogens is 482 g/mol. The summed E-state index contributed by atoms with van der Waals surface area (Å²) in [6.07, 6.45) is 1.52. The van der Waals surface area contributed by atoms with Crippen molar-refractivity contribution < 1.29 is 23.5 Å². The molecule has 2 aromatic heterocycles. The molecular formula is C27H24ClN3O5. The minimum Gasteiger partial charge on any atom is -0.463 e. The second-order valence-electron chi connectivity index (χ2n) is 7.94. The summed E-state index contributed by atoms with van der Waals surface area (Å²) in [5.74, 6) is -0.961. The van der Waals surface area contributed by atoms with Gasteiger partial charge in [-0.3, -0.25) is 9.59 Å². The molecule has 9 heteroatoms. The van der Waals surface area contributed by atoms with Gasteiger partial charge in [0, 0.05) is 23.5 Å². The fourth-order valence-electron chi connectivity index (χ4n) is 3.60. The van der Waals surface area contributed by atoms with E-state index in [0.29, 0.717) is 33.9 Å². The Morgan fingerprint density at radius 3 is 2.56 bits per heavy atom. The number of furan rings is 1. The van der Waals surface area contributed by atoms with Gasteiger partial charge in [-0.25, -0.2) is 9.78 Å². The molecule has 0 spiro atoms. The van der Waals surface area contributed by atoms with Crippen LogP contribution in [0.5, 0.6) is 0 Å². The SMILES string of the molecule is CCN(CC(=O)NCc1ccc(Cl)cc1)C(=O)COC(=O)c1cc(-c2ccco2)nc2ccccc12. The molecule has 184 valence electrons. The fourth-order valence-corrected chi connectivity index (χ4v) is 3.73. The molecule has 0 aliphatic heterocycles. The molecule has 4 rings (SSSR count). The molecule has 1 N–H and O–H groups in total. The summed E-state index contributed by atoms with van der Waals surface area (Å²) in [5, 5.41) is 3.98. The predicted molar refractivity (Wildman–Crippen MR) is 135 cm³/mol. The number of rotatable bonds is 9. The normalized spacial score (nSPS) is 10.7. The molecule has 0 saturated heterocycles. The number of fused-ring (bicyclic) bond motifs is 1. The smallest absolute Gasteiger partial charge is 0.339 e. The van der Waals surface area contributed by atoms with Crippen molar-refractivity contribution in [3.05, 3.63) is 89.1 Å². The standard InChI is InChI=1S/C27H24ClN3O5/c1-2-31(16-25(32)29-15-18-9-11-19(28)12-10-18)26(33)17-36-27(34)21-14-23(24-8-5-13-35-24)30-22-7-4-3-6-20(21)22/h3-14H,2,15-17H2,1H3,(H,29,32). The van der Waals surface area contributed by atoms with E-state index in [1.807, 2.05) is 18.2 Å². The molecule has 0 bridgehead atoms. The second-order valence-corrected chi connectivity index (χ2v) is 8.37. The maximum absolute atomic E-state index is 13.0. The topological polar surface area (TPSA) is 102 Å². The van der Waals surface area contributed by atoms with E-state index in [4.69, 9.17) is 20.8 Å². The van der Waals surface area contributed by atoms with Crippen LogP contribution in [0.2, 0.25) is 5.02 Å². The van der Waals surface area contributed by atoms with Crippen LogP contribution in [0, 0.1) is 0 Å². The number of ether oxygens (including phenoxy) is 1. The molecule has 8 nitrogen and oxygen atoms in total. The molecule has 2 heterocycles. The first-order valence-corrected chi connectivity index (χ1v) is 11.7. The minimum atomic E-state index is -0.669. The number of carbonyl (C=O) groups is 3. The molecule has 36 heavy (non-hydrogen) atoms. The zero-order chi connectivity index (χ0) is 25.5. The molecule has 4 aromatic rings. The van der Waals surface area contributed by atoms with Crippen molar-refractivity contribution in [2.24, 2.45) is 0 Å². The maximum Gasteiger partial charge on any atom is 0.339 e. The lowest BCUT2D eigenvalue weighted by Crippen LogP contribution is -2.42. The van der Waals surface area contributed by atoms with Crippen LogP contribution in [0.4, 0.5) is 0 Å². The molecule has 0 aliphatic carbocycles. The quantitative estimate of drug-likeness (QED) is 0.337. The number of nitrogens with one attached hydrogen (secondary N) is 1. The van der Waals surface area contributed by atoms with Gasteiger partial charge in [0.05, 0.1) is 23.9 Å². The maximum atomic E-state index is 13.0. The largest absolute Gasteiger partial charge is 0.463 e. The van der Waals surface area contributed by atoms with Gasteiger partial charge in [0.25, 0.3) is 5.91 Å². The number of pyridine rings is 1. The summed E-state index contributed by atoms with van der Waals surface area (Å²) in [4.78, 5) is 43.9. The number of halogens is 1. The Labute approximate surface area is 212 Å². The summed E-state index contributed by atoms with van der Waals surface area (Å²) < 4.78 is 10.8. The Morgan fingerprint density at radius 2 is 1.83 bits per heavy atom. The van der Waals surface area contributed by atoms with Crippen LogP contribution in [0.3, 0.4) is 0 Å². The highest BCUT2D eigenvalue weighted by Crippen LogP contribution is 2.25. The highest BCUT2D eigenvalue weighted by molar-refractivity contribution is 6.30. The summed E-state index contributed by atoms with van der Waals surface area (Å²) in [6.45, 7) is 1.69. The first-order chi connectivity index (χ1) is 17.4. The number of likely N-dealkylation sites (N-methyl/N-ethyl adjacent to an activating group) is 1. The van der Waals surface area contributed by atoms with E-state index in [1.54, 1.807) is 55.5 Å². The molecule has 2 aromatic carbocycles. The molecule has 0 fully saturated rings. The van der Waals surface area contributed by atoms with Crippen molar-refractivity contribution in [2.75, 3.05) is 19.7 Å². The zero-order valence-electron chi connectivity index (χ0n) is 19.6. The Balaban J connectivity index is 1.38. The lowest BCUT2D eigenvalue weighted by molar-refractivity contribution is -0.138. The summed E-state index contributed by atoms with van der Waals surface area (Å²) >= 11 is 5.87. The Hall–Kier alpha value is -4.17. The number of hydrogen-bond donors (Lipinski definition) is 1. The van der Waals surface area contributed by atoms with E-state index < -0.39 is 18.5 Å². The van der Waals surface area contributed by atoms with E-state index in [0.717, 1.165) is 5.56 Å². The fraction of sp³-hybridized carbons (Fsp3) is 0.185. The van der Waals surface area contributed by atoms with Crippen LogP contribution >= 0.6 is 11.6 Å². The van der Waals surface area contributed by atoms with E-state index in [9.17, 15) is 14.4 Å². The van der Waals surface area contributed by atoms with Gasteiger partial charge >= 0.3 is 5.97 Å². The molecule has 0 atom stereocenters. The number of nitrogens with zero attached hydrogens (tertiary/aromatic N) is 2. The zero-order valence-corrected chi connectivity index (χ0v) is 20.3. The monoisotopic (exact) mass is 505 g/mol. The predicted octanol–water partition coefficient (Wildman–Crippen LogP) is 4.47. The van der Waals surface area contributed by atoms with E-state index >= 15 is 0 Å². The highest BCUT2D eigenvalue weighted by Gasteiger charge is 2.20. The van der Waals surface area contributed by atoms with Gasteiger partial charge in [0.2, 0.25) is 5.91 Å². The van der Waals surface area contributed by atoms with E-state index in [1.165, 1.54) is 11.2 Å². The van der Waals surface area contributed by atoms with Crippen LogP contribution in [0.15, 0.2) is 77.4 Å². The first kappa shape index (κ1) is 24.9. The van der Waals surface area contributed by atoms with Gasteiger partial charge in [0.1, 0.15) is 5.69 Å². The van der Waals surface area contributed by atoms with Crippen molar-refractivity contribution >= 4 is 40.3 Å². The molecule has 0 saturated carbocycles. The van der Waals surface area contributed by atoms with E-state index in [2.05, 4.69) is 10.3 Å². The molecule has 0 radical (unpaired) electrons. The number of carbonyl (C=O) groups excluding carboxylic acids is 3. The Morgan fingerprint density at radius 1 is 1.06 bits per heavy atom. The Bertz CT molecular complexity index is 1370. The number of esters is 1. The number of amides is 2. The summed E-state index contributed by atoms with van der Waals surface area (Å²) in [7, 11) is 0. The van der Waals surface area contributed by atoms with Crippen molar-refractivity contribution in [1.82, 2.24) is 15.2 Å². The lowest BCUT2D eigenvalue weighted by atomic mass is 10.1. The van der Waals surface area contributed by atoms with Crippen LogP contribution < -0.4 is 5.32 Å². The van der Waals surface area contributed by atoms with Crippen molar-refractivity contribution in [3.63, 3.8) is 0 Å². The molecule has 0 unspecified atom stereocenters. The number of para-hydroxylation sites is 1. The number of aromatic nitrogens is 1. The van der Waals surface area contributed by atoms with Gasteiger partial charge < -0.3 is 19.4 Å². The van der Waals surface area contributed by atoms with Crippen molar-refractivity contribution in [3.8, 4) is 11.5 Å². The molecule has 2 amide bonds. The number of hydrogen-bond acceptors (Lipinski definition) is 6. The average Bonchev–Trinajstić information content (AvgIpc) is 3.44. The van der Waals surface area contributed by atoms with Crippen LogP contribution in [0.25, 0.3) is 22.4 Å². The van der Waals surface area contributed by atoms with Gasteiger partial charge in [0.15, 0.2) is 12.4 Å². The average molecular weight is 506 g/mol. The van der Waals surface area contributed by atoms with Crippen LogP contribution in [-0.2, 0) is 20.9 Å². The summed E-state index contributed by atoms with van der Waals surface area (Å²) in [5.41, 5.74) is 2.22. The minimum absolute atomic E-state index is 0.151. The second kappa shape index (κ2) is 11.5. The van der Waals surface area contributed by atoms with Gasteiger partial charge in [-0.15, -0.1) is 0 Å². The lowest BCUT2D eigenvalue weighted by Gasteiger charge is -2.20. The third-order valence-electron chi connectivity index (χ3n) is 5.51. The van der Waals surface area contributed by atoms with E-state index in [-0.39, 0.29) is 24.6 Å². The Kier molecular flexibility index (Phi) is 7.97. The first-order valence-electron chi connectivity index (χ1n) is 11.3. The van der Waals surface area contributed by atoms with Crippen LogP contribution in [0.1, 0.15) is 22.8 Å². The number of benzene rings is 2. The van der Waals surface area contributed by atoms with Crippen LogP contribution in [-0.4, -0.2) is 47.4 Å². The van der Waals surface area contributed by atoms with Crippen molar-refractivity contribution in [2.45, 2.75) is 13.5 Å². The van der Waals surface area contributed by atoms with Gasteiger partial charge in [-0.2, -0.15) is 0 Å². The molecule has 0 aliphatic rings. The van der Waals surface area contributed by atoms with Gasteiger partial charge in [-0.1, -0.05) is 41.9 Å². The highest BCUT2D eigenvalue weighted by atomic mass is 35.5. The third-order valence-corrected chi connectivity index (χ3v) is 5.76. The third kappa shape index (κ3) is 6.09. The van der Waals surface area contributed by atoms with Crippen molar-refractivity contribution in [1.29, 1.82) is 0 Å². The van der Waals surface area contributed by atoms with Gasteiger partial charge in [-0.05, 0) is 48.9 Å².